The molecule has 0 fully saturated rings. The third-order valence-corrected chi connectivity index (χ3v) is 3.06. The minimum Gasteiger partial charge on any atom is -0.330 e. The minimum absolute atomic E-state index is 0. The van der Waals surface area contributed by atoms with Crippen molar-refractivity contribution in [2.24, 2.45) is 5.73 Å². The number of hydrogen-bond donors (Lipinski definition) is 1. The lowest BCUT2D eigenvalue weighted by molar-refractivity contribution is 0.942. The first kappa shape index (κ1) is 12.9. The molecule has 2 N–H and O–H groups in total. The highest BCUT2D eigenvalue weighted by Gasteiger charge is 2.03. The van der Waals surface area contributed by atoms with Crippen molar-refractivity contribution in [2.45, 2.75) is 6.42 Å². The SMILES string of the molecule is Br.CS(C)(Br)CCCN. The van der Waals surface area contributed by atoms with Crippen LogP contribution in [0.4, 0.5) is 0 Å². The Balaban J connectivity index is 0. The first-order chi connectivity index (χ1) is 3.56. The van der Waals surface area contributed by atoms with Gasteiger partial charge in [0.15, 0.2) is 0 Å². The Kier molecular flexibility index (Phi) is 8.62. The molecule has 9 heavy (non-hydrogen) atoms. The van der Waals surface area contributed by atoms with Gasteiger partial charge in [0.25, 0.3) is 0 Å². The van der Waals surface area contributed by atoms with Crippen LogP contribution in [0.3, 0.4) is 0 Å². The van der Waals surface area contributed by atoms with E-state index in [2.05, 4.69) is 27.3 Å². The summed E-state index contributed by atoms with van der Waals surface area (Å²) in [6, 6.07) is 0. The molecule has 0 aliphatic carbocycles. The Morgan fingerprint density at radius 3 is 2.00 bits per heavy atom. The summed E-state index contributed by atoms with van der Waals surface area (Å²) in [5, 5.41) is 0. The Morgan fingerprint density at radius 2 is 1.89 bits per heavy atom. The van der Waals surface area contributed by atoms with Gasteiger partial charge in [-0.2, -0.15) is 8.46 Å². The van der Waals surface area contributed by atoms with Crippen molar-refractivity contribution >= 4 is 40.3 Å². The maximum atomic E-state index is 5.33. The fraction of sp³-hybridized carbons (Fsp3) is 1.00. The van der Waals surface area contributed by atoms with Gasteiger partial charge in [-0.05, 0) is 46.0 Å². The maximum Gasteiger partial charge on any atom is -0.00697 e. The van der Waals surface area contributed by atoms with Crippen LogP contribution in [0.5, 0.6) is 0 Å². The van der Waals surface area contributed by atoms with Crippen molar-refractivity contribution in [3.8, 4) is 0 Å². The van der Waals surface area contributed by atoms with Gasteiger partial charge >= 0.3 is 0 Å². The Labute approximate surface area is 77.1 Å². The van der Waals surface area contributed by atoms with Crippen LogP contribution in [-0.2, 0) is 0 Å². The van der Waals surface area contributed by atoms with Crippen molar-refractivity contribution < 1.29 is 0 Å². The predicted octanol–water partition coefficient (Wildman–Crippen LogP) is 2.29. The van der Waals surface area contributed by atoms with Gasteiger partial charge in [-0.1, -0.05) is 0 Å². The Hall–Kier alpha value is 1.27. The Morgan fingerprint density at radius 1 is 1.44 bits per heavy atom. The lowest BCUT2D eigenvalue weighted by Gasteiger charge is -2.21. The van der Waals surface area contributed by atoms with Crippen molar-refractivity contribution in [3.05, 3.63) is 0 Å². The number of hydrogen-bond acceptors (Lipinski definition) is 1. The van der Waals surface area contributed by atoms with E-state index < -0.39 is 8.46 Å². The number of halogens is 2. The molecule has 0 spiro atoms. The summed E-state index contributed by atoms with van der Waals surface area (Å²) in [5.41, 5.74) is 5.33. The molecule has 0 unspecified atom stereocenters. The second-order valence-corrected chi connectivity index (χ2v) is 10.7. The predicted molar refractivity (Wildman–Crippen MR) is 57.2 cm³/mol. The smallest absolute Gasteiger partial charge is 0.00697 e. The van der Waals surface area contributed by atoms with Crippen molar-refractivity contribution in [1.82, 2.24) is 0 Å². The van der Waals surface area contributed by atoms with E-state index in [9.17, 15) is 0 Å². The summed E-state index contributed by atoms with van der Waals surface area (Å²) < 4.78 is 0. The van der Waals surface area contributed by atoms with Crippen LogP contribution in [0.25, 0.3) is 0 Å². The molecule has 0 aromatic heterocycles. The molecule has 0 heterocycles. The van der Waals surface area contributed by atoms with E-state index in [0.717, 1.165) is 13.0 Å². The summed E-state index contributed by atoms with van der Waals surface area (Å²) in [5.74, 6) is 1.24. The lowest BCUT2D eigenvalue weighted by Crippen LogP contribution is -2.03. The summed E-state index contributed by atoms with van der Waals surface area (Å²) in [7, 11) is -0.454. The summed E-state index contributed by atoms with van der Waals surface area (Å²) >= 11 is 3.61. The van der Waals surface area contributed by atoms with E-state index in [1.54, 1.807) is 0 Å². The molecular weight excluding hydrogens is 266 g/mol. The average molecular weight is 281 g/mol. The molecule has 0 aromatic carbocycles. The number of nitrogens with two attached hydrogens (primary N) is 1. The van der Waals surface area contributed by atoms with Crippen LogP contribution in [-0.4, -0.2) is 24.8 Å². The van der Waals surface area contributed by atoms with Crippen LogP contribution < -0.4 is 5.73 Å². The molecule has 1 nitrogen and oxygen atoms in total. The van der Waals surface area contributed by atoms with E-state index in [4.69, 9.17) is 5.73 Å². The molecule has 0 aliphatic heterocycles. The molecule has 0 bridgehead atoms. The zero-order chi connectivity index (χ0) is 6.62. The third kappa shape index (κ3) is 12.5. The first-order valence-electron chi connectivity index (χ1n) is 2.67. The third-order valence-electron chi connectivity index (χ3n) is 0.834. The van der Waals surface area contributed by atoms with E-state index in [0.29, 0.717) is 0 Å². The van der Waals surface area contributed by atoms with Gasteiger partial charge in [-0.15, -0.1) is 17.0 Å². The first-order valence-corrected chi connectivity index (χ1v) is 7.13. The van der Waals surface area contributed by atoms with Gasteiger partial charge < -0.3 is 5.73 Å². The molecule has 0 amide bonds. The van der Waals surface area contributed by atoms with Gasteiger partial charge in [0.1, 0.15) is 0 Å². The molecule has 4 heteroatoms. The Bertz CT molecular complexity index is 62.5. The molecule has 0 rings (SSSR count). The second-order valence-electron chi connectivity index (χ2n) is 2.25. The van der Waals surface area contributed by atoms with Gasteiger partial charge in [0.2, 0.25) is 0 Å². The monoisotopic (exact) mass is 279 g/mol. The van der Waals surface area contributed by atoms with Gasteiger partial charge in [0.05, 0.1) is 0 Å². The molecule has 0 aromatic rings. The van der Waals surface area contributed by atoms with Crippen molar-refractivity contribution in [2.75, 3.05) is 24.8 Å². The molecule has 0 saturated carbocycles. The zero-order valence-electron chi connectivity index (χ0n) is 5.89. The van der Waals surface area contributed by atoms with Crippen LogP contribution in [0.1, 0.15) is 6.42 Å². The fourth-order valence-electron chi connectivity index (χ4n) is 0.427. The van der Waals surface area contributed by atoms with Gasteiger partial charge in [0, 0.05) is 0 Å². The normalized spacial score (nSPS) is 12.4. The van der Waals surface area contributed by atoms with Crippen LogP contribution >= 0.6 is 40.3 Å². The minimum atomic E-state index is -0.454. The summed E-state index contributed by atoms with van der Waals surface area (Å²) in [6.45, 7) is 0.821. The van der Waals surface area contributed by atoms with Crippen LogP contribution in [0.2, 0.25) is 0 Å². The molecule has 0 atom stereocenters. The quantitative estimate of drug-likeness (QED) is 0.844. The standard InChI is InChI=1S/C5H14BrNS.BrH/c1-8(2,6)5-3-4-7;/h3-5,7H2,1-2H3;1H. The van der Waals surface area contributed by atoms with E-state index in [-0.39, 0.29) is 17.0 Å². The lowest BCUT2D eigenvalue weighted by atomic mass is 10.5. The van der Waals surface area contributed by atoms with E-state index in [1.807, 2.05) is 0 Å². The van der Waals surface area contributed by atoms with Crippen molar-refractivity contribution in [3.63, 3.8) is 0 Å². The largest absolute Gasteiger partial charge is 0.330 e. The number of rotatable bonds is 3. The van der Waals surface area contributed by atoms with Crippen LogP contribution in [0, 0.1) is 0 Å². The average Bonchev–Trinajstić information content (AvgIpc) is 1.59. The topological polar surface area (TPSA) is 26.0 Å². The fourth-order valence-corrected chi connectivity index (χ4v) is 1.97. The molecule has 0 aliphatic rings. The molecule has 60 valence electrons. The second kappa shape index (κ2) is 6.01. The maximum absolute atomic E-state index is 5.33. The van der Waals surface area contributed by atoms with E-state index in [1.165, 1.54) is 5.75 Å². The molecule has 0 radical (unpaired) electrons. The van der Waals surface area contributed by atoms with Crippen molar-refractivity contribution in [1.29, 1.82) is 0 Å². The zero-order valence-corrected chi connectivity index (χ0v) is 10.0. The highest BCUT2D eigenvalue weighted by atomic mass is 79.9. The summed E-state index contributed by atoms with van der Waals surface area (Å²) in [6.07, 6.45) is 5.62. The van der Waals surface area contributed by atoms with Crippen LogP contribution in [0.15, 0.2) is 0 Å². The highest BCUT2D eigenvalue weighted by Crippen LogP contribution is 2.48. The molecule has 0 saturated heterocycles. The van der Waals surface area contributed by atoms with Gasteiger partial charge in [-0.25, -0.2) is 0 Å². The molecular formula is C5H15Br2NS. The van der Waals surface area contributed by atoms with E-state index >= 15 is 0 Å². The summed E-state index contributed by atoms with van der Waals surface area (Å²) in [4.78, 5) is 0. The highest BCUT2D eigenvalue weighted by molar-refractivity contribution is 9.58. The van der Waals surface area contributed by atoms with Gasteiger partial charge in [-0.3, -0.25) is 0 Å².